The van der Waals surface area contributed by atoms with E-state index in [9.17, 15) is 4.79 Å². The Labute approximate surface area is 95.6 Å². The van der Waals surface area contributed by atoms with E-state index in [2.05, 4.69) is 22.5 Å². The molecule has 0 unspecified atom stereocenters. The lowest BCUT2D eigenvalue weighted by molar-refractivity contribution is 0.112. The number of benzene rings is 1. The molecule has 1 aromatic rings. The first kappa shape index (κ1) is 11.3. The van der Waals surface area contributed by atoms with Gasteiger partial charge in [0.15, 0.2) is 6.29 Å². The van der Waals surface area contributed by atoms with E-state index in [1.165, 1.54) is 0 Å². The van der Waals surface area contributed by atoms with Crippen LogP contribution in [0.15, 0.2) is 29.3 Å². The number of aldehydes is 1. The molecule has 0 aliphatic carbocycles. The Morgan fingerprint density at radius 3 is 2.93 bits per heavy atom. The summed E-state index contributed by atoms with van der Waals surface area (Å²) >= 11 is 8.96. The van der Waals surface area contributed by atoms with Crippen molar-refractivity contribution in [1.29, 1.82) is 0 Å². The second-order valence-electron chi connectivity index (χ2n) is 2.58. The zero-order chi connectivity index (χ0) is 10.6. The van der Waals surface area contributed by atoms with Crippen LogP contribution < -0.4 is 4.74 Å². The molecule has 1 aromatic carbocycles. The summed E-state index contributed by atoms with van der Waals surface area (Å²) in [6.07, 6.45) is 0.675. The predicted molar refractivity (Wildman–Crippen MR) is 60.4 cm³/mol. The van der Waals surface area contributed by atoms with Crippen molar-refractivity contribution < 1.29 is 9.53 Å². The zero-order valence-corrected chi connectivity index (χ0v) is 9.64. The molecule has 0 N–H and O–H groups in total. The van der Waals surface area contributed by atoms with Gasteiger partial charge in [0.1, 0.15) is 12.4 Å². The third-order valence-electron chi connectivity index (χ3n) is 1.52. The van der Waals surface area contributed by atoms with Crippen LogP contribution in [0.3, 0.4) is 0 Å². The van der Waals surface area contributed by atoms with Gasteiger partial charge in [-0.2, -0.15) is 0 Å². The van der Waals surface area contributed by atoms with Gasteiger partial charge in [-0.3, -0.25) is 4.79 Å². The minimum Gasteiger partial charge on any atom is -0.488 e. The molecular formula is C10H8BrClO2. The van der Waals surface area contributed by atoms with Crippen LogP contribution >= 0.6 is 27.5 Å². The van der Waals surface area contributed by atoms with Gasteiger partial charge in [0.25, 0.3) is 0 Å². The molecular weight excluding hydrogens is 267 g/mol. The highest BCUT2D eigenvalue weighted by Crippen LogP contribution is 2.24. The van der Waals surface area contributed by atoms with Gasteiger partial charge in [-0.05, 0) is 12.1 Å². The van der Waals surface area contributed by atoms with Crippen LogP contribution in [0.25, 0.3) is 0 Å². The predicted octanol–water partition coefficient (Wildman–Crippen LogP) is 3.44. The van der Waals surface area contributed by atoms with Crippen LogP contribution in [-0.2, 0) is 0 Å². The molecule has 2 nitrogen and oxygen atoms in total. The summed E-state index contributed by atoms with van der Waals surface area (Å²) in [6, 6.07) is 5.05. The number of ether oxygens (including phenoxy) is 1. The quantitative estimate of drug-likeness (QED) is 0.787. The van der Waals surface area contributed by atoms with Gasteiger partial charge < -0.3 is 4.74 Å². The lowest BCUT2D eigenvalue weighted by Crippen LogP contribution is -1.99. The molecule has 4 heteroatoms. The number of rotatable bonds is 4. The van der Waals surface area contributed by atoms with Gasteiger partial charge >= 0.3 is 0 Å². The lowest BCUT2D eigenvalue weighted by Gasteiger charge is -2.07. The molecule has 0 radical (unpaired) electrons. The molecule has 0 aromatic heterocycles. The maximum atomic E-state index is 10.7. The van der Waals surface area contributed by atoms with Crippen LogP contribution in [0.2, 0.25) is 5.02 Å². The Morgan fingerprint density at radius 2 is 2.36 bits per heavy atom. The first-order valence-electron chi connectivity index (χ1n) is 3.85. The second kappa shape index (κ2) is 5.17. The highest BCUT2D eigenvalue weighted by molar-refractivity contribution is 9.11. The molecule has 0 spiro atoms. The second-order valence-corrected chi connectivity index (χ2v) is 4.10. The van der Waals surface area contributed by atoms with Crippen molar-refractivity contribution >= 4 is 33.8 Å². The molecule has 14 heavy (non-hydrogen) atoms. The van der Waals surface area contributed by atoms with Crippen LogP contribution in [0.4, 0.5) is 0 Å². The molecule has 0 saturated heterocycles. The minimum absolute atomic E-state index is 0.307. The summed E-state index contributed by atoms with van der Waals surface area (Å²) in [6.45, 7) is 3.93. The monoisotopic (exact) mass is 274 g/mol. The van der Waals surface area contributed by atoms with Gasteiger partial charge in [0, 0.05) is 4.48 Å². The molecule has 0 saturated carbocycles. The number of hydrogen-bond acceptors (Lipinski definition) is 2. The highest BCUT2D eigenvalue weighted by Gasteiger charge is 2.06. The Bertz CT molecular complexity index is 363. The van der Waals surface area contributed by atoms with Crippen LogP contribution in [0.1, 0.15) is 10.4 Å². The third-order valence-corrected chi connectivity index (χ3v) is 2.07. The maximum absolute atomic E-state index is 10.7. The Balaban J connectivity index is 2.90. The number of carbonyl (C=O) groups is 1. The molecule has 1 rings (SSSR count). The third kappa shape index (κ3) is 2.86. The van der Waals surface area contributed by atoms with Gasteiger partial charge in [0.05, 0.1) is 10.6 Å². The van der Waals surface area contributed by atoms with E-state index >= 15 is 0 Å². The standard InChI is InChI=1S/C10H8BrClO2/c1-7(11)6-14-10-4-2-3-9(12)8(10)5-13/h2-5H,1,6H2. The van der Waals surface area contributed by atoms with Gasteiger partial charge in [0.2, 0.25) is 0 Å². The summed E-state index contributed by atoms with van der Waals surface area (Å²) < 4.78 is 6.01. The van der Waals surface area contributed by atoms with Crippen molar-refractivity contribution in [3.05, 3.63) is 39.8 Å². The van der Waals surface area contributed by atoms with E-state index in [-0.39, 0.29) is 0 Å². The van der Waals surface area contributed by atoms with Crippen LogP contribution in [0.5, 0.6) is 5.75 Å². The van der Waals surface area contributed by atoms with E-state index in [4.69, 9.17) is 16.3 Å². The first-order chi connectivity index (χ1) is 6.65. The van der Waals surface area contributed by atoms with E-state index in [1.807, 2.05) is 0 Å². The molecule has 0 amide bonds. The van der Waals surface area contributed by atoms with Crippen molar-refractivity contribution in [1.82, 2.24) is 0 Å². The molecule has 0 heterocycles. The van der Waals surface area contributed by atoms with E-state index in [0.29, 0.717) is 33.7 Å². The first-order valence-corrected chi connectivity index (χ1v) is 5.02. The molecule has 0 bridgehead atoms. The fourth-order valence-corrected chi connectivity index (χ4v) is 1.24. The number of carbonyl (C=O) groups excluding carboxylic acids is 1. The van der Waals surface area contributed by atoms with Crippen molar-refractivity contribution in [2.45, 2.75) is 0 Å². The highest BCUT2D eigenvalue weighted by atomic mass is 79.9. The molecule has 0 aliphatic rings. The Morgan fingerprint density at radius 1 is 1.64 bits per heavy atom. The Hall–Kier alpha value is -0.800. The average Bonchev–Trinajstić information content (AvgIpc) is 2.14. The lowest BCUT2D eigenvalue weighted by atomic mass is 10.2. The molecule has 0 atom stereocenters. The summed E-state index contributed by atoms with van der Waals surface area (Å²) in [5, 5.41) is 0.387. The van der Waals surface area contributed by atoms with E-state index in [0.717, 1.165) is 0 Å². The maximum Gasteiger partial charge on any atom is 0.155 e. The van der Waals surface area contributed by atoms with Gasteiger partial charge in [-0.1, -0.05) is 40.2 Å². The normalized spacial score (nSPS) is 9.57. The zero-order valence-electron chi connectivity index (χ0n) is 7.30. The van der Waals surface area contributed by atoms with Crippen molar-refractivity contribution in [3.63, 3.8) is 0 Å². The fourth-order valence-electron chi connectivity index (χ4n) is 0.914. The smallest absolute Gasteiger partial charge is 0.155 e. The van der Waals surface area contributed by atoms with Gasteiger partial charge in [-0.25, -0.2) is 0 Å². The van der Waals surface area contributed by atoms with Crippen molar-refractivity contribution in [2.75, 3.05) is 6.61 Å². The Kier molecular flexibility index (Phi) is 4.17. The largest absolute Gasteiger partial charge is 0.488 e. The average molecular weight is 276 g/mol. The van der Waals surface area contributed by atoms with Crippen LogP contribution in [-0.4, -0.2) is 12.9 Å². The summed E-state index contributed by atoms with van der Waals surface area (Å²) in [7, 11) is 0. The molecule has 0 aliphatic heterocycles. The number of halogens is 2. The fraction of sp³-hybridized carbons (Fsp3) is 0.100. The van der Waals surface area contributed by atoms with E-state index in [1.54, 1.807) is 18.2 Å². The van der Waals surface area contributed by atoms with Crippen molar-refractivity contribution in [2.24, 2.45) is 0 Å². The summed E-state index contributed by atoms with van der Waals surface area (Å²) in [5.41, 5.74) is 0.364. The minimum atomic E-state index is 0.307. The summed E-state index contributed by atoms with van der Waals surface area (Å²) in [5.74, 6) is 0.466. The van der Waals surface area contributed by atoms with Crippen molar-refractivity contribution in [3.8, 4) is 5.75 Å². The molecule has 0 fully saturated rings. The van der Waals surface area contributed by atoms with E-state index < -0.39 is 0 Å². The SMILES string of the molecule is C=C(Br)COc1cccc(Cl)c1C=O. The van der Waals surface area contributed by atoms with Crippen LogP contribution in [0, 0.1) is 0 Å². The summed E-state index contributed by atoms with van der Waals surface area (Å²) in [4.78, 5) is 10.7. The van der Waals surface area contributed by atoms with Gasteiger partial charge in [-0.15, -0.1) is 0 Å². The topological polar surface area (TPSA) is 26.3 Å². The number of hydrogen-bond donors (Lipinski definition) is 0. The molecule has 74 valence electrons.